The van der Waals surface area contributed by atoms with Crippen LogP contribution in [0.1, 0.15) is 49.0 Å². The average molecular weight is 419 g/mol. The summed E-state index contributed by atoms with van der Waals surface area (Å²) >= 11 is 0. The fraction of sp³-hybridized carbons (Fsp3) is 0.320. The van der Waals surface area contributed by atoms with Gasteiger partial charge in [0.05, 0.1) is 17.8 Å². The zero-order valence-corrected chi connectivity index (χ0v) is 18.3. The number of aromatic nitrogens is 1. The normalized spacial score (nSPS) is 17.3. The first kappa shape index (κ1) is 22.4. The van der Waals surface area contributed by atoms with Crippen molar-refractivity contribution in [3.05, 3.63) is 102 Å². The largest absolute Gasteiger partial charge is 0.403 e. The number of benzene rings is 1. The van der Waals surface area contributed by atoms with Crippen LogP contribution in [0, 0.1) is 0 Å². The molecule has 164 valence electrons. The van der Waals surface area contributed by atoms with Crippen LogP contribution in [-0.4, -0.2) is 22.5 Å². The van der Waals surface area contributed by atoms with Crippen LogP contribution in [0.2, 0.25) is 0 Å². The number of nitrogens with one attached hydrogen (secondary N) is 2. The fourth-order valence-electron chi connectivity index (χ4n) is 4.06. The molecule has 6 N–H and O–H groups in total. The van der Waals surface area contributed by atoms with Crippen molar-refractivity contribution in [3.8, 4) is 0 Å². The number of rotatable bonds is 10. The minimum Gasteiger partial charge on any atom is -0.403 e. The Labute approximate surface area is 185 Å². The van der Waals surface area contributed by atoms with Crippen molar-refractivity contribution in [2.75, 3.05) is 6.54 Å². The van der Waals surface area contributed by atoms with Crippen LogP contribution in [0.25, 0.3) is 0 Å². The minimum atomic E-state index is -0.0690. The van der Waals surface area contributed by atoms with E-state index in [9.17, 15) is 0 Å². The summed E-state index contributed by atoms with van der Waals surface area (Å²) in [5.74, 6) is 5.55. The summed E-state index contributed by atoms with van der Waals surface area (Å²) in [7, 11) is 0. The molecule has 0 aliphatic carbocycles. The van der Waals surface area contributed by atoms with Gasteiger partial charge in [-0.1, -0.05) is 56.5 Å². The SMILES string of the molecule is C=C(NC(c1ccccc1)c1ccc(CC)cn1)C1CCCN1C(=C)C/C(=C/N)NN. The van der Waals surface area contributed by atoms with Crippen molar-refractivity contribution in [1.29, 1.82) is 0 Å². The highest BCUT2D eigenvalue weighted by molar-refractivity contribution is 5.31. The van der Waals surface area contributed by atoms with Gasteiger partial charge in [-0.25, -0.2) is 0 Å². The van der Waals surface area contributed by atoms with Crippen LogP contribution in [0.15, 0.2) is 85.1 Å². The van der Waals surface area contributed by atoms with Crippen LogP contribution >= 0.6 is 0 Å². The smallest absolute Gasteiger partial charge is 0.0938 e. The molecular weight excluding hydrogens is 384 g/mol. The molecule has 6 heteroatoms. The highest BCUT2D eigenvalue weighted by Crippen LogP contribution is 2.30. The van der Waals surface area contributed by atoms with Crippen molar-refractivity contribution in [2.24, 2.45) is 11.6 Å². The Morgan fingerprint density at radius 3 is 2.65 bits per heavy atom. The van der Waals surface area contributed by atoms with Crippen LogP contribution in [0.4, 0.5) is 0 Å². The van der Waals surface area contributed by atoms with E-state index >= 15 is 0 Å². The second-order valence-corrected chi connectivity index (χ2v) is 7.89. The first-order chi connectivity index (χ1) is 15.1. The maximum atomic E-state index is 5.64. The Kier molecular flexibility index (Phi) is 7.73. The minimum absolute atomic E-state index is 0.0690. The lowest BCUT2D eigenvalue weighted by Gasteiger charge is -2.33. The molecule has 1 aliphatic heterocycles. The third-order valence-corrected chi connectivity index (χ3v) is 5.86. The van der Waals surface area contributed by atoms with E-state index in [0.717, 1.165) is 54.2 Å². The maximum Gasteiger partial charge on any atom is 0.0938 e. The number of pyridine rings is 1. The van der Waals surface area contributed by atoms with Gasteiger partial charge in [-0.3, -0.25) is 10.8 Å². The van der Waals surface area contributed by atoms with E-state index in [1.807, 2.05) is 12.3 Å². The number of hydrazine groups is 1. The Morgan fingerprint density at radius 1 is 1.26 bits per heavy atom. The molecule has 1 saturated heterocycles. The van der Waals surface area contributed by atoms with E-state index in [4.69, 9.17) is 16.6 Å². The molecule has 31 heavy (non-hydrogen) atoms. The highest BCUT2D eigenvalue weighted by Gasteiger charge is 2.29. The molecule has 2 unspecified atom stereocenters. The molecule has 1 fully saturated rings. The lowest BCUT2D eigenvalue weighted by Crippen LogP contribution is -2.37. The zero-order chi connectivity index (χ0) is 22.2. The van der Waals surface area contributed by atoms with Crippen LogP contribution < -0.4 is 22.3 Å². The Hall–Kier alpha value is -3.25. The van der Waals surface area contributed by atoms with Gasteiger partial charge in [0.15, 0.2) is 0 Å². The van der Waals surface area contributed by atoms with E-state index in [2.05, 4.69) is 72.1 Å². The van der Waals surface area contributed by atoms with Crippen LogP contribution in [0.3, 0.4) is 0 Å². The lowest BCUT2D eigenvalue weighted by atomic mass is 10.0. The summed E-state index contributed by atoms with van der Waals surface area (Å²) in [6.45, 7) is 11.8. The van der Waals surface area contributed by atoms with Crippen molar-refractivity contribution in [3.63, 3.8) is 0 Å². The first-order valence-corrected chi connectivity index (χ1v) is 10.8. The molecular formula is C25H34N6. The summed E-state index contributed by atoms with van der Waals surface area (Å²) in [5.41, 5.74) is 14.3. The van der Waals surface area contributed by atoms with E-state index in [-0.39, 0.29) is 12.1 Å². The van der Waals surface area contributed by atoms with Gasteiger partial charge in [0.25, 0.3) is 0 Å². The van der Waals surface area contributed by atoms with E-state index in [1.54, 1.807) is 0 Å². The summed E-state index contributed by atoms with van der Waals surface area (Å²) < 4.78 is 0. The molecule has 2 aromatic rings. The maximum absolute atomic E-state index is 5.64. The molecule has 2 heterocycles. The van der Waals surface area contributed by atoms with Gasteiger partial charge in [0.2, 0.25) is 0 Å². The third kappa shape index (κ3) is 5.47. The molecule has 1 aromatic carbocycles. The highest BCUT2D eigenvalue weighted by atomic mass is 15.2. The lowest BCUT2D eigenvalue weighted by molar-refractivity contribution is 0.333. The Balaban J connectivity index is 1.80. The van der Waals surface area contributed by atoms with Gasteiger partial charge in [-0.15, -0.1) is 0 Å². The van der Waals surface area contributed by atoms with Gasteiger partial charge in [0.1, 0.15) is 0 Å². The predicted molar refractivity (Wildman–Crippen MR) is 127 cm³/mol. The Bertz CT molecular complexity index is 903. The summed E-state index contributed by atoms with van der Waals surface area (Å²) in [6.07, 6.45) is 7.10. The second-order valence-electron chi connectivity index (χ2n) is 7.89. The molecule has 1 aliphatic rings. The number of hydrogen-bond acceptors (Lipinski definition) is 6. The number of likely N-dealkylation sites (tertiary alicyclic amines) is 1. The average Bonchev–Trinajstić information content (AvgIpc) is 3.32. The van der Waals surface area contributed by atoms with Gasteiger partial charge in [-0.05, 0) is 36.5 Å². The van der Waals surface area contributed by atoms with Gasteiger partial charge >= 0.3 is 0 Å². The quantitative estimate of drug-likeness (QED) is 0.349. The van der Waals surface area contributed by atoms with Gasteiger partial charge in [0, 0.05) is 42.5 Å². The second kappa shape index (κ2) is 10.7. The molecule has 2 atom stereocenters. The molecule has 0 amide bonds. The molecule has 3 rings (SSSR count). The standard InChI is InChI=1S/C25H34N6/c1-4-20-12-13-23(28-17-20)25(21-9-6-5-7-10-21)29-19(3)24-11-8-14-31(24)18(2)15-22(16-26)30-27/h5-7,9-10,12-13,16-17,24-25,29-30H,2-4,8,11,14-15,26-27H2,1H3/b22-16-. The van der Waals surface area contributed by atoms with Crippen molar-refractivity contribution >= 4 is 0 Å². The van der Waals surface area contributed by atoms with Gasteiger partial charge in [-0.2, -0.15) is 0 Å². The molecule has 0 spiro atoms. The zero-order valence-electron chi connectivity index (χ0n) is 18.3. The fourth-order valence-corrected chi connectivity index (χ4v) is 4.06. The van der Waals surface area contributed by atoms with Crippen molar-refractivity contribution < 1.29 is 0 Å². The predicted octanol–water partition coefficient (Wildman–Crippen LogP) is 3.47. The van der Waals surface area contributed by atoms with Crippen LogP contribution in [-0.2, 0) is 6.42 Å². The summed E-state index contributed by atoms with van der Waals surface area (Å²) in [5, 5.41) is 3.68. The topological polar surface area (TPSA) is 92.2 Å². The summed E-state index contributed by atoms with van der Waals surface area (Å²) in [6, 6.07) is 14.7. The molecule has 0 bridgehead atoms. The van der Waals surface area contributed by atoms with E-state index in [0.29, 0.717) is 6.42 Å². The number of nitrogens with zero attached hydrogens (tertiary/aromatic N) is 2. The number of nitrogens with two attached hydrogens (primary N) is 2. The van der Waals surface area contributed by atoms with Crippen molar-refractivity contribution in [2.45, 2.75) is 44.7 Å². The monoisotopic (exact) mass is 418 g/mol. The molecule has 0 saturated carbocycles. The van der Waals surface area contributed by atoms with E-state index in [1.165, 1.54) is 11.8 Å². The first-order valence-electron chi connectivity index (χ1n) is 10.8. The number of aryl methyl sites for hydroxylation is 1. The van der Waals surface area contributed by atoms with Crippen LogP contribution in [0.5, 0.6) is 0 Å². The molecule has 1 aromatic heterocycles. The molecule has 6 nitrogen and oxygen atoms in total. The third-order valence-electron chi connectivity index (χ3n) is 5.86. The number of hydrogen-bond donors (Lipinski definition) is 4. The van der Waals surface area contributed by atoms with Crippen molar-refractivity contribution in [1.82, 2.24) is 20.6 Å². The van der Waals surface area contributed by atoms with E-state index < -0.39 is 0 Å². The van der Waals surface area contributed by atoms with Gasteiger partial charge < -0.3 is 21.4 Å². The Morgan fingerprint density at radius 2 is 2.03 bits per heavy atom. The summed E-state index contributed by atoms with van der Waals surface area (Å²) in [4.78, 5) is 7.04. The molecule has 0 radical (unpaired) electrons.